The Kier molecular flexibility index (Phi) is 3.12. The highest BCUT2D eigenvalue weighted by Crippen LogP contribution is 2.37. The molecule has 1 saturated heterocycles. The standard InChI is InChI=1S/C12H15FO3/c1-15-12(2-4-16-5-3-12)9-6-10(13)8-11(14)7-9/h6-8,14H,2-5H2,1H3. The van der Waals surface area contributed by atoms with Crippen LogP contribution in [0.5, 0.6) is 5.75 Å². The molecule has 0 atom stereocenters. The molecule has 0 aromatic heterocycles. The van der Waals surface area contributed by atoms with Crippen molar-refractivity contribution in [2.24, 2.45) is 0 Å². The van der Waals surface area contributed by atoms with Crippen molar-refractivity contribution in [1.29, 1.82) is 0 Å². The van der Waals surface area contributed by atoms with Crippen molar-refractivity contribution in [3.63, 3.8) is 0 Å². The van der Waals surface area contributed by atoms with Gasteiger partial charge in [0, 0.05) is 39.2 Å². The minimum absolute atomic E-state index is 0.0714. The zero-order valence-corrected chi connectivity index (χ0v) is 9.20. The Morgan fingerprint density at radius 2 is 2.00 bits per heavy atom. The van der Waals surface area contributed by atoms with Gasteiger partial charge in [0.05, 0.1) is 5.60 Å². The fraction of sp³-hybridized carbons (Fsp3) is 0.500. The highest BCUT2D eigenvalue weighted by molar-refractivity contribution is 5.32. The molecule has 4 heteroatoms. The summed E-state index contributed by atoms with van der Waals surface area (Å²) in [6.45, 7) is 1.18. The SMILES string of the molecule is COC1(c2cc(O)cc(F)c2)CCOCC1. The average Bonchev–Trinajstić information content (AvgIpc) is 2.28. The van der Waals surface area contributed by atoms with Gasteiger partial charge in [-0.05, 0) is 17.7 Å². The minimum Gasteiger partial charge on any atom is -0.508 e. The summed E-state index contributed by atoms with van der Waals surface area (Å²) < 4.78 is 24.0. The lowest BCUT2D eigenvalue weighted by Gasteiger charge is -2.36. The molecule has 1 N–H and O–H groups in total. The van der Waals surface area contributed by atoms with Gasteiger partial charge in [0.2, 0.25) is 0 Å². The lowest BCUT2D eigenvalue weighted by Crippen LogP contribution is -2.35. The molecule has 3 nitrogen and oxygen atoms in total. The number of aromatic hydroxyl groups is 1. The van der Waals surface area contributed by atoms with E-state index in [4.69, 9.17) is 9.47 Å². The number of halogens is 1. The second kappa shape index (κ2) is 4.39. The van der Waals surface area contributed by atoms with Crippen molar-refractivity contribution in [3.05, 3.63) is 29.6 Å². The van der Waals surface area contributed by atoms with Crippen molar-refractivity contribution in [2.75, 3.05) is 20.3 Å². The van der Waals surface area contributed by atoms with E-state index in [9.17, 15) is 9.50 Å². The number of benzene rings is 1. The van der Waals surface area contributed by atoms with Gasteiger partial charge >= 0.3 is 0 Å². The van der Waals surface area contributed by atoms with Gasteiger partial charge in [-0.3, -0.25) is 0 Å². The van der Waals surface area contributed by atoms with E-state index < -0.39 is 11.4 Å². The van der Waals surface area contributed by atoms with E-state index in [1.165, 1.54) is 6.07 Å². The van der Waals surface area contributed by atoms with E-state index in [1.807, 2.05) is 0 Å². The van der Waals surface area contributed by atoms with Gasteiger partial charge in [0.1, 0.15) is 11.6 Å². The van der Waals surface area contributed by atoms with Crippen molar-refractivity contribution in [1.82, 2.24) is 0 Å². The average molecular weight is 226 g/mol. The Bertz CT molecular complexity index is 352. The van der Waals surface area contributed by atoms with Crippen LogP contribution in [0.2, 0.25) is 0 Å². The Labute approximate surface area is 93.8 Å². The first-order chi connectivity index (χ1) is 7.66. The summed E-state index contributed by atoms with van der Waals surface area (Å²) in [5.41, 5.74) is 0.147. The Morgan fingerprint density at radius 3 is 2.56 bits per heavy atom. The molecular weight excluding hydrogens is 211 g/mol. The zero-order valence-electron chi connectivity index (χ0n) is 9.20. The largest absolute Gasteiger partial charge is 0.508 e. The van der Waals surface area contributed by atoms with Gasteiger partial charge < -0.3 is 14.6 Å². The first-order valence-corrected chi connectivity index (χ1v) is 5.29. The van der Waals surface area contributed by atoms with Crippen molar-refractivity contribution < 1.29 is 19.0 Å². The van der Waals surface area contributed by atoms with Crippen LogP contribution in [-0.4, -0.2) is 25.4 Å². The third kappa shape index (κ3) is 2.03. The molecule has 0 aliphatic carbocycles. The number of rotatable bonds is 2. The molecule has 0 amide bonds. The Morgan fingerprint density at radius 1 is 1.31 bits per heavy atom. The van der Waals surface area contributed by atoms with Crippen molar-refractivity contribution in [3.8, 4) is 5.75 Å². The van der Waals surface area contributed by atoms with E-state index in [-0.39, 0.29) is 5.75 Å². The molecule has 0 bridgehead atoms. The molecule has 1 heterocycles. The summed E-state index contributed by atoms with van der Waals surface area (Å²) in [7, 11) is 1.60. The molecule has 88 valence electrons. The van der Waals surface area contributed by atoms with Gasteiger partial charge in [0.15, 0.2) is 0 Å². The van der Waals surface area contributed by atoms with E-state index in [0.29, 0.717) is 31.6 Å². The summed E-state index contributed by atoms with van der Waals surface area (Å²) in [6, 6.07) is 4.05. The fourth-order valence-electron chi connectivity index (χ4n) is 2.15. The molecule has 2 rings (SSSR count). The number of hydrogen-bond acceptors (Lipinski definition) is 3. The zero-order chi connectivity index (χ0) is 11.6. The topological polar surface area (TPSA) is 38.7 Å². The fourth-order valence-corrected chi connectivity index (χ4v) is 2.15. The van der Waals surface area contributed by atoms with Crippen LogP contribution in [0.1, 0.15) is 18.4 Å². The number of methoxy groups -OCH3 is 1. The van der Waals surface area contributed by atoms with Crippen molar-refractivity contribution >= 4 is 0 Å². The Hall–Kier alpha value is -1.13. The maximum atomic E-state index is 13.2. The quantitative estimate of drug-likeness (QED) is 0.840. The second-order valence-corrected chi connectivity index (χ2v) is 4.01. The predicted molar refractivity (Wildman–Crippen MR) is 56.8 cm³/mol. The van der Waals surface area contributed by atoms with Crippen LogP contribution in [0.15, 0.2) is 18.2 Å². The van der Waals surface area contributed by atoms with Gasteiger partial charge in [0.25, 0.3) is 0 Å². The molecule has 1 aromatic carbocycles. The summed E-state index contributed by atoms with van der Waals surface area (Å²) in [6.07, 6.45) is 1.35. The number of hydrogen-bond donors (Lipinski definition) is 1. The van der Waals surface area contributed by atoms with E-state index in [1.54, 1.807) is 13.2 Å². The highest BCUT2D eigenvalue weighted by atomic mass is 19.1. The van der Waals surface area contributed by atoms with Crippen molar-refractivity contribution in [2.45, 2.75) is 18.4 Å². The summed E-state index contributed by atoms with van der Waals surface area (Å²) in [4.78, 5) is 0. The molecule has 1 aliphatic heterocycles. The maximum absolute atomic E-state index is 13.2. The summed E-state index contributed by atoms with van der Waals surface area (Å²) in [5.74, 6) is -0.518. The highest BCUT2D eigenvalue weighted by Gasteiger charge is 2.35. The predicted octanol–water partition coefficient (Wildman–Crippen LogP) is 2.18. The molecule has 0 spiro atoms. The molecule has 1 aromatic rings. The molecule has 16 heavy (non-hydrogen) atoms. The van der Waals surface area contributed by atoms with E-state index in [0.717, 1.165) is 6.07 Å². The molecular formula is C12H15FO3. The van der Waals surface area contributed by atoms with Crippen LogP contribution < -0.4 is 0 Å². The lowest BCUT2D eigenvalue weighted by molar-refractivity contribution is -0.0950. The summed E-state index contributed by atoms with van der Waals surface area (Å²) >= 11 is 0. The van der Waals surface area contributed by atoms with Crippen LogP contribution in [0.4, 0.5) is 4.39 Å². The normalized spacial score (nSPS) is 19.6. The third-order valence-corrected chi connectivity index (χ3v) is 3.10. The number of phenolic OH excluding ortho intramolecular Hbond substituents is 1. The summed E-state index contributed by atoms with van der Waals surface area (Å²) in [5, 5.41) is 9.41. The van der Waals surface area contributed by atoms with E-state index in [2.05, 4.69) is 0 Å². The molecule has 1 fully saturated rings. The van der Waals surface area contributed by atoms with Crippen LogP contribution in [0.25, 0.3) is 0 Å². The monoisotopic (exact) mass is 226 g/mol. The van der Waals surface area contributed by atoms with Gasteiger partial charge in [-0.15, -0.1) is 0 Å². The van der Waals surface area contributed by atoms with Crippen LogP contribution >= 0.6 is 0 Å². The van der Waals surface area contributed by atoms with Gasteiger partial charge in [-0.1, -0.05) is 0 Å². The van der Waals surface area contributed by atoms with Gasteiger partial charge in [-0.25, -0.2) is 4.39 Å². The lowest BCUT2D eigenvalue weighted by atomic mass is 9.86. The smallest absolute Gasteiger partial charge is 0.127 e. The Balaban J connectivity index is 2.38. The van der Waals surface area contributed by atoms with E-state index >= 15 is 0 Å². The molecule has 0 radical (unpaired) electrons. The molecule has 1 aliphatic rings. The molecule has 0 unspecified atom stereocenters. The first kappa shape index (κ1) is 11.4. The van der Waals surface area contributed by atoms with Crippen LogP contribution in [0, 0.1) is 5.82 Å². The minimum atomic E-state index is -0.530. The second-order valence-electron chi connectivity index (χ2n) is 4.01. The number of ether oxygens (including phenoxy) is 2. The maximum Gasteiger partial charge on any atom is 0.127 e. The van der Waals surface area contributed by atoms with Crippen LogP contribution in [0.3, 0.4) is 0 Å². The first-order valence-electron chi connectivity index (χ1n) is 5.29. The molecule has 0 saturated carbocycles. The van der Waals surface area contributed by atoms with Gasteiger partial charge in [-0.2, -0.15) is 0 Å². The third-order valence-electron chi connectivity index (χ3n) is 3.10. The van der Waals surface area contributed by atoms with Crippen LogP contribution in [-0.2, 0) is 15.1 Å². The number of phenols is 1.